The summed E-state index contributed by atoms with van der Waals surface area (Å²) in [7, 11) is -1.67. The van der Waals surface area contributed by atoms with Crippen LogP contribution in [0.5, 0.6) is 0 Å². The number of hydrogen-bond acceptors (Lipinski definition) is 7. The maximum atomic E-state index is 13.9. The van der Waals surface area contributed by atoms with Crippen molar-refractivity contribution in [2.24, 2.45) is 17.3 Å². The third-order valence-corrected chi connectivity index (χ3v) is 20.1. The van der Waals surface area contributed by atoms with E-state index in [9.17, 15) is 9.59 Å². The SMILES string of the molecule is CCCCCCCC(CCCCCCC)C(=O)OCC(COC(=O)C(CCCCCCC)CCCCCCC)N1CCC2(CCN(CCCCO[Si](C)(C)C(C)(C)C)CC2)CC1. The summed E-state index contributed by atoms with van der Waals surface area (Å²) in [5.41, 5.74) is 0.400. The molecule has 7 nitrogen and oxygen atoms in total. The minimum Gasteiger partial charge on any atom is -0.464 e. The lowest BCUT2D eigenvalue weighted by molar-refractivity contribution is -0.156. The lowest BCUT2D eigenvalue weighted by atomic mass is 9.71. The number of hydrogen-bond donors (Lipinski definition) is 0. The number of unbranched alkanes of at least 4 members (excludes halogenated alkanes) is 17. The van der Waals surface area contributed by atoms with E-state index in [1.54, 1.807) is 0 Å². The number of carbonyl (C=O) groups excluding carboxylic acids is 2. The molecule has 0 radical (unpaired) electrons. The molecule has 0 N–H and O–H groups in total. The number of likely N-dealkylation sites (tertiary alicyclic amines) is 2. The van der Waals surface area contributed by atoms with E-state index in [4.69, 9.17) is 13.9 Å². The predicted octanol–water partition coefficient (Wildman–Crippen LogP) is 15.1. The molecule has 0 bridgehead atoms. The highest BCUT2D eigenvalue weighted by atomic mass is 28.4. The highest BCUT2D eigenvalue weighted by molar-refractivity contribution is 6.74. The van der Waals surface area contributed by atoms with Crippen LogP contribution in [-0.2, 0) is 23.5 Å². The first-order chi connectivity index (χ1) is 29.8. The van der Waals surface area contributed by atoms with Crippen molar-refractivity contribution in [3.63, 3.8) is 0 Å². The number of ether oxygens (including phenoxy) is 2. The minimum atomic E-state index is -1.67. The van der Waals surface area contributed by atoms with Crippen LogP contribution in [0.25, 0.3) is 0 Å². The van der Waals surface area contributed by atoms with Gasteiger partial charge in [-0.2, -0.15) is 0 Å². The molecule has 366 valence electrons. The third-order valence-electron chi connectivity index (χ3n) is 15.6. The van der Waals surface area contributed by atoms with Gasteiger partial charge in [0.05, 0.1) is 17.9 Å². The second-order valence-corrected chi connectivity index (χ2v) is 26.6. The van der Waals surface area contributed by atoms with Gasteiger partial charge < -0.3 is 18.8 Å². The molecule has 2 saturated heterocycles. The van der Waals surface area contributed by atoms with Crippen LogP contribution in [0.1, 0.15) is 241 Å². The van der Waals surface area contributed by atoms with Crippen LogP contribution in [0.4, 0.5) is 0 Å². The van der Waals surface area contributed by atoms with Gasteiger partial charge in [-0.25, -0.2) is 0 Å². The fourth-order valence-electron chi connectivity index (χ4n) is 9.68. The summed E-state index contributed by atoms with van der Waals surface area (Å²) in [6.45, 7) is 27.8. The topological polar surface area (TPSA) is 68.3 Å². The van der Waals surface area contributed by atoms with Crippen LogP contribution >= 0.6 is 0 Å². The predicted molar refractivity (Wildman–Crippen MR) is 267 cm³/mol. The largest absolute Gasteiger partial charge is 0.464 e. The Bertz CT molecular complexity index is 1030. The smallest absolute Gasteiger partial charge is 0.308 e. The zero-order valence-electron chi connectivity index (χ0n) is 43.0. The number of rotatable bonds is 37. The average molecular weight is 892 g/mol. The highest BCUT2D eigenvalue weighted by Gasteiger charge is 2.40. The van der Waals surface area contributed by atoms with Crippen LogP contribution < -0.4 is 0 Å². The lowest BCUT2D eigenvalue weighted by Gasteiger charge is -2.48. The van der Waals surface area contributed by atoms with Gasteiger partial charge in [0.2, 0.25) is 0 Å². The zero-order chi connectivity index (χ0) is 45.5. The molecular weight excluding hydrogens is 785 g/mol. The Kier molecular flexibility index (Phi) is 30.9. The summed E-state index contributed by atoms with van der Waals surface area (Å²) >= 11 is 0. The molecular formula is C54H106N2O5Si. The van der Waals surface area contributed by atoms with Crippen LogP contribution in [0.3, 0.4) is 0 Å². The Morgan fingerprint density at radius 2 is 0.903 bits per heavy atom. The first kappa shape index (κ1) is 57.2. The third kappa shape index (κ3) is 24.0. The van der Waals surface area contributed by atoms with Crippen molar-refractivity contribution in [2.45, 2.75) is 265 Å². The summed E-state index contributed by atoms with van der Waals surface area (Å²) in [6, 6.07) is -0.0848. The molecule has 0 saturated carbocycles. The van der Waals surface area contributed by atoms with E-state index in [0.717, 1.165) is 77.5 Å². The Balaban J connectivity index is 2.06. The normalized spacial score (nSPS) is 16.6. The van der Waals surface area contributed by atoms with Gasteiger partial charge in [0, 0.05) is 6.61 Å². The van der Waals surface area contributed by atoms with Crippen LogP contribution in [-0.4, -0.2) is 88.6 Å². The van der Waals surface area contributed by atoms with Crippen molar-refractivity contribution in [2.75, 3.05) is 52.5 Å². The second kappa shape index (κ2) is 33.5. The highest BCUT2D eigenvalue weighted by Crippen LogP contribution is 2.42. The van der Waals surface area contributed by atoms with Crippen LogP contribution in [0, 0.1) is 17.3 Å². The van der Waals surface area contributed by atoms with Crippen molar-refractivity contribution in [3.8, 4) is 0 Å². The van der Waals surface area contributed by atoms with Gasteiger partial charge in [-0.15, -0.1) is 0 Å². The standard InChI is InChI=1S/C54H106N2O5Si/c1-10-14-18-22-26-32-48(33-27-23-19-15-11-2)51(57)59-46-50(47-60-52(58)49(34-28-24-20-16-12-3)35-29-25-21-17-13-4)56-43-38-54(39-44-56)36-41-55(42-37-54)40-30-31-45-61-62(8,9)53(5,6)7/h48-50H,10-47H2,1-9H3. The van der Waals surface area contributed by atoms with E-state index < -0.39 is 8.32 Å². The summed E-state index contributed by atoms with van der Waals surface area (Å²) in [6.07, 6.45) is 35.2. The zero-order valence-corrected chi connectivity index (χ0v) is 44.0. The number of piperidine rings is 2. The van der Waals surface area contributed by atoms with Gasteiger partial charge in [-0.05, 0) is 120 Å². The first-order valence-electron chi connectivity index (χ1n) is 27.2. The molecule has 2 heterocycles. The Morgan fingerprint density at radius 1 is 0.532 bits per heavy atom. The Hall–Kier alpha value is -0.963. The maximum absolute atomic E-state index is 13.9. The van der Waals surface area contributed by atoms with Crippen molar-refractivity contribution in [3.05, 3.63) is 0 Å². The summed E-state index contributed by atoms with van der Waals surface area (Å²) in [5.74, 6) is -0.0787. The molecule has 2 rings (SSSR count). The fourth-order valence-corrected chi connectivity index (χ4v) is 10.8. The summed E-state index contributed by atoms with van der Waals surface area (Å²) in [5, 5.41) is 0.270. The monoisotopic (exact) mass is 891 g/mol. The fraction of sp³-hybridized carbons (Fsp3) is 0.963. The van der Waals surface area contributed by atoms with Crippen LogP contribution in [0.15, 0.2) is 0 Å². The first-order valence-corrected chi connectivity index (χ1v) is 30.2. The van der Waals surface area contributed by atoms with Gasteiger partial charge in [0.15, 0.2) is 8.32 Å². The molecule has 0 unspecified atom stereocenters. The van der Waals surface area contributed by atoms with Crippen molar-refractivity contribution < 1.29 is 23.5 Å². The number of esters is 2. The molecule has 2 aliphatic heterocycles. The van der Waals surface area contributed by atoms with E-state index >= 15 is 0 Å². The van der Waals surface area contributed by atoms with Crippen molar-refractivity contribution in [1.29, 1.82) is 0 Å². The molecule has 62 heavy (non-hydrogen) atoms. The molecule has 1 spiro atoms. The number of nitrogens with zero attached hydrogens (tertiary/aromatic N) is 2. The lowest BCUT2D eigenvalue weighted by Crippen LogP contribution is -2.52. The Labute approximate surface area is 387 Å². The van der Waals surface area contributed by atoms with Gasteiger partial charge >= 0.3 is 11.9 Å². The van der Waals surface area contributed by atoms with Crippen LogP contribution in [0.2, 0.25) is 18.1 Å². The van der Waals surface area contributed by atoms with Crippen molar-refractivity contribution >= 4 is 20.3 Å². The summed E-state index contributed by atoms with van der Waals surface area (Å²) in [4.78, 5) is 33.0. The van der Waals surface area contributed by atoms with E-state index in [2.05, 4.69) is 71.4 Å². The summed E-state index contributed by atoms with van der Waals surface area (Å²) < 4.78 is 19.1. The van der Waals surface area contributed by atoms with E-state index in [-0.39, 0.29) is 34.9 Å². The molecule has 0 atom stereocenters. The molecule has 0 aromatic carbocycles. The molecule has 0 aromatic rings. The quantitative estimate of drug-likeness (QED) is 0.0350. The molecule has 8 heteroatoms. The molecule has 2 aliphatic rings. The average Bonchev–Trinajstić information content (AvgIpc) is 3.25. The molecule has 2 fully saturated rings. The van der Waals surface area contributed by atoms with Gasteiger partial charge in [0.25, 0.3) is 0 Å². The molecule has 0 aliphatic carbocycles. The van der Waals surface area contributed by atoms with Gasteiger partial charge in [-0.1, -0.05) is 177 Å². The van der Waals surface area contributed by atoms with E-state index in [1.165, 1.54) is 154 Å². The van der Waals surface area contributed by atoms with Crippen molar-refractivity contribution in [1.82, 2.24) is 9.80 Å². The Morgan fingerprint density at radius 3 is 1.27 bits per heavy atom. The van der Waals surface area contributed by atoms with E-state index in [1.807, 2.05) is 0 Å². The second-order valence-electron chi connectivity index (χ2n) is 21.8. The van der Waals surface area contributed by atoms with Gasteiger partial charge in [0.1, 0.15) is 13.2 Å². The maximum Gasteiger partial charge on any atom is 0.308 e. The minimum absolute atomic E-state index is 0.0169. The molecule has 0 amide bonds. The molecule has 0 aromatic heterocycles. The van der Waals surface area contributed by atoms with E-state index in [0.29, 0.717) is 18.6 Å². The number of carbonyl (C=O) groups is 2. The van der Waals surface area contributed by atoms with Gasteiger partial charge in [-0.3, -0.25) is 14.5 Å².